The Balaban J connectivity index is 1.76. The van der Waals surface area contributed by atoms with Crippen LogP contribution in [0.5, 0.6) is 0 Å². The van der Waals surface area contributed by atoms with Crippen molar-refractivity contribution in [3.8, 4) is 0 Å². The second-order valence-corrected chi connectivity index (χ2v) is 7.56. The van der Waals surface area contributed by atoms with E-state index in [2.05, 4.69) is 10.2 Å². The summed E-state index contributed by atoms with van der Waals surface area (Å²) in [7, 11) is -1.38. The summed E-state index contributed by atoms with van der Waals surface area (Å²) < 4.78 is 25.9. The Labute approximate surface area is 111 Å². The summed E-state index contributed by atoms with van der Waals surface area (Å²) in [5.74, 6) is 0.253. The van der Waals surface area contributed by atoms with Crippen LogP contribution >= 0.6 is 0 Å². The molecule has 106 valence electrons. The molecule has 2 saturated heterocycles. The first-order chi connectivity index (χ1) is 8.58. The van der Waals surface area contributed by atoms with Crippen LogP contribution in [-0.4, -0.2) is 69.2 Å². The highest BCUT2D eigenvalue weighted by atomic mass is 32.2. The minimum absolute atomic E-state index is 0.157. The van der Waals surface area contributed by atoms with Gasteiger partial charge in [-0.05, 0) is 45.3 Å². The number of likely N-dealkylation sites (N-methyl/N-ethyl adjacent to an activating group) is 1. The molecule has 1 N–H and O–H groups in total. The van der Waals surface area contributed by atoms with Gasteiger partial charge in [0, 0.05) is 26.2 Å². The fourth-order valence-corrected chi connectivity index (χ4v) is 4.12. The van der Waals surface area contributed by atoms with Gasteiger partial charge in [-0.3, -0.25) is 0 Å². The third kappa shape index (κ3) is 3.91. The highest BCUT2D eigenvalue weighted by Crippen LogP contribution is 2.11. The van der Waals surface area contributed by atoms with E-state index in [0.717, 1.165) is 39.0 Å². The number of hydrogen-bond acceptors (Lipinski definition) is 4. The Kier molecular flexibility index (Phi) is 5.00. The van der Waals surface area contributed by atoms with Crippen LogP contribution < -0.4 is 5.32 Å². The molecule has 2 aliphatic rings. The van der Waals surface area contributed by atoms with Gasteiger partial charge in [0.15, 0.2) is 0 Å². The van der Waals surface area contributed by atoms with Crippen molar-refractivity contribution in [2.75, 3.05) is 45.5 Å². The summed E-state index contributed by atoms with van der Waals surface area (Å²) in [6.45, 7) is 4.69. The van der Waals surface area contributed by atoms with E-state index in [9.17, 15) is 8.42 Å². The molecular formula is C12H25N3O2S. The van der Waals surface area contributed by atoms with Crippen molar-refractivity contribution in [1.82, 2.24) is 14.5 Å². The normalized spacial score (nSPS) is 26.2. The van der Waals surface area contributed by atoms with E-state index < -0.39 is 10.0 Å². The van der Waals surface area contributed by atoms with Gasteiger partial charge in [0.05, 0.1) is 5.75 Å². The van der Waals surface area contributed by atoms with E-state index in [-0.39, 0.29) is 11.8 Å². The molecule has 0 bridgehead atoms. The number of nitrogens with one attached hydrogen (secondary N) is 1. The number of likely N-dealkylation sites (tertiary alicyclic amines) is 1. The zero-order chi connectivity index (χ0) is 13.0. The third-order valence-corrected chi connectivity index (χ3v) is 5.93. The van der Waals surface area contributed by atoms with Gasteiger partial charge in [-0.2, -0.15) is 0 Å². The van der Waals surface area contributed by atoms with Crippen molar-refractivity contribution in [3.05, 3.63) is 0 Å². The predicted molar refractivity (Wildman–Crippen MR) is 73.1 cm³/mol. The molecule has 0 aromatic carbocycles. The summed E-state index contributed by atoms with van der Waals surface area (Å²) in [6.07, 6.45) is 4.59. The smallest absolute Gasteiger partial charge is 0.215 e. The van der Waals surface area contributed by atoms with Crippen LogP contribution in [0.2, 0.25) is 0 Å². The Morgan fingerprint density at radius 1 is 1.28 bits per heavy atom. The molecule has 2 rings (SSSR count). The molecule has 1 atom stereocenters. The lowest BCUT2D eigenvalue weighted by Gasteiger charge is -2.22. The topological polar surface area (TPSA) is 52.7 Å². The fraction of sp³-hybridized carbons (Fsp3) is 1.00. The van der Waals surface area contributed by atoms with Gasteiger partial charge < -0.3 is 10.2 Å². The minimum atomic E-state index is -3.09. The molecule has 18 heavy (non-hydrogen) atoms. The second-order valence-electron chi connectivity index (χ2n) is 5.44. The molecule has 2 aliphatic heterocycles. The number of hydrogen-bond donors (Lipinski definition) is 1. The predicted octanol–water partition coefficient (Wildman–Crippen LogP) is 0.0958. The molecular weight excluding hydrogens is 250 g/mol. The molecule has 5 nitrogen and oxygen atoms in total. The van der Waals surface area contributed by atoms with E-state index in [1.807, 2.05) is 0 Å². The third-order valence-electron chi connectivity index (χ3n) is 3.98. The van der Waals surface area contributed by atoms with E-state index in [1.165, 1.54) is 17.1 Å². The van der Waals surface area contributed by atoms with E-state index >= 15 is 0 Å². The zero-order valence-electron chi connectivity index (χ0n) is 11.3. The van der Waals surface area contributed by atoms with Crippen molar-refractivity contribution in [1.29, 1.82) is 0 Å². The van der Waals surface area contributed by atoms with Crippen molar-refractivity contribution < 1.29 is 8.42 Å². The quantitative estimate of drug-likeness (QED) is 0.747. The first-order valence-electron chi connectivity index (χ1n) is 6.98. The summed E-state index contributed by atoms with van der Waals surface area (Å²) in [5.41, 5.74) is 0. The van der Waals surface area contributed by atoms with Gasteiger partial charge in [0.1, 0.15) is 0 Å². The molecule has 0 radical (unpaired) electrons. The number of sulfonamides is 1. The van der Waals surface area contributed by atoms with Crippen LogP contribution in [0.1, 0.15) is 25.7 Å². The SMILES string of the molecule is CN(CCN1CCCC1)S(=O)(=O)CC1CCCN1. The van der Waals surface area contributed by atoms with Crippen LogP contribution in [0, 0.1) is 0 Å². The molecule has 0 saturated carbocycles. The molecule has 2 heterocycles. The van der Waals surface area contributed by atoms with Crippen LogP contribution in [0.3, 0.4) is 0 Å². The molecule has 0 spiro atoms. The van der Waals surface area contributed by atoms with Gasteiger partial charge in [0.2, 0.25) is 10.0 Å². The monoisotopic (exact) mass is 275 g/mol. The molecule has 1 unspecified atom stereocenters. The maximum Gasteiger partial charge on any atom is 0.215 e. The van der Waals surface area contributed by atoms with Crippen molar-refractivity contribution in [3.63, 3.8) is 0 Å². The number of rotatable bonds is 6. The Morgan fingerprint density at radius 3 is 2.61 bits per heavy atom. The standard InChI is InChI=1S/C12H25N3O2S/c1-14(9-10-15-7-2-3-8-15)18(16,17)11-12-5-4-6-13-12/h12-13H,2-11H2,1H3. The van der Waals surface area contributed by atoms with Crippen molar-refractivity contribution >= 4 is 10.0 Å². The molecule has 0 aliphatic carbocycles. The Bertz CT molecular complexity index is 346. The van der Waals surface area contributed by atoms with Crippen LogP contribution in [0.4, 0.5) is 0 Å². The van der Waals surface area contributed by atoms with E-state index in [4.69, 9.17) is 0 Å². The summed E-state index contributed by atoms with van der Waals surface area (Å²) in [5, 5.41) is 3.25. The first kappa shape index (κ1) is 14.2. The van der Waals surface area contributed by atoms with Gasteiger partial charge in [-0.25, -0.2) is 12.7 Å². The molecule has 2 fully saturated rings. The van der Waals surface area contributed by atoms with Crippen molar-refractivity contribution in [2.45, 2.75) is 31.7 Å². The summed E-state index contributed by atoms with van der Waals surface area (Å²) >= 11 is 0. The Morgan fingerprint density at radius 2 is 2.00 bits per heavy atom. The average molecular weight is 275 g/mol. The van der Waals surface area contributed by atoms with Crippen LogP contribution in [-0.2, 0) is 10.0 Å². The van der Waals surface area contributed by atoms with Gasteiger partial charge >= 0.3 is 0 Å². The maximum atomic E-state index is 12.2. The Hall–Kier alpha value is -0.170. The lowest BCUT2D eigenvalue weighted by Crippen LogP contribution is -2.40. The highest BCUT2D eigenvalue weighted by molar-refractivity contribution is 7.89. The largest absolute Gasteiger partial charge is 0.313 e. The molecule has 0 aromatic heterocycles. The first-order valence-corrected chi connectivity index (χ1v) is 8.58. The molecule has 0 amide bonds. The van der Waals surface area contributed by atoms with Crippen LogP contribution in [0.25, 0.3) is 0 Å². The average Bonchev–Trinajstić information content (AvgIpc) is 2.97. The van der Waals surface area contributed by atoms with Crippen LogP contribution in [0.15, 0.2) is 0 Å². The molecule has 0 aromatic rings. The lowest BCUT2D eigenvalue weighted by atomic mass is 10.3. The summed E-state index contributed by atoms with van der Waals surface area (Å²) in [6, 6.07) is 0.157. The van der Waals surface area contributed by atoms with Crippen molar-refractivity contribution in [2.24, 2.45) is 0 Å². The maximum absolute atomic E-state index is 12.2. The van der Waals surface area contributed by atoms with Gasteiger partial charge in [-0.1, -0.05) is 0 Å². The summed E-state index contributed by atoms with van der Waals surface area (Å²) in [4.78, 5) is 2.35. The van der Waals surface area contributed by atoms with E-state index in [1.54, 1.807) is 7.05 Å². The molecule has 6 heteroatoms. The minimum Gasteiger partial charge on any atom is -0.313 e. The van der Waals surface area contributed by atoms with Gasteiger partial charge in [-0.15, -0.1) is 0 Å². The van der Waals surface area contributed by atoms with E-state index in [0.29, 0.717) is 6.54 Å². The highest BCUT2D eigenvalue weighted by Gasteiger charge is 2.25. The fourth-order valence-electron chi connectivity index (χ4n) is 2.71. The second kappa shape index (κ2) is 6.32. The van der Waals surface area contributed by atoms with Gasteiger partial charge in [0.25, 0.3) is 0 Å². The lowest BCUT2D eigenvalue weighted by molar-refractivity contribution is 0.309. The zero-order valence-corrected chi connectivity index (χ0v) is 12.1. The number of nitrogens with zero attached hydrogens (tertiary/aromatic N) is 2.